The Morgan fingerprint density at radius 2 is 2.06 bits per heavy atom. The van der Waals surface area contributed by atoms with Crippen LogP contribution in [0.15, 0.2) is 12.1 Å². The number of nitrogens with two attached hydrogens (primary N) is 1. The monoisotopic (exact) mass is 238 g/mol. The fraction of sp³-hybridized carbons (Fsp3) is 0.615. The molecule has 17 heavy (non-hydrogen) atoms. The molecule has 2 N–H and O–H groups in total. The number of nitrogens with zero attached hydrogens (tertiary/aromatic N) is 1. The number of pyridine rings is 1. The van der Waals surface area contributed by atoms with Gasteiger partial charge in [0.2, 0.25) is 5.88 Å². The molecule has 1 aromatic heterocycles. The van der Waals surface area contributed by atoms with Crippen molar-refractivity contribution in [1.82, 2.24) is 4.98 Å². The average Bonchev–Trinajstić information content (AvgIpc) is 2.29. The summed E-state index contributed by atoms with van der Waals surface area (Å²) in [5, 5.41) is 0. The summed E-state index contributed by atoms with van der Waals surface area (Å²) in [5.41, 5.74) is 7.40. The van der Waals surface area contributed by atoms with Crippen molar-refractivity contribution in [1.29, 1.82) is 0 Å². The van der Waals surface area contributed by atoms with Gasteiger partial charge in [-0.2, -0.15) is 0 Å². The molecule has 0 unspecified atom stereocenters. The number of hydrogen-bond donors (Lipinski definition) is 1. The van der Waals surface area contributed by atoms with Crippen LogP contribution in [0.4, 0.5) is 0 Å². The maximum atomic E-state index is 5.59. The predicted octanol–water partition coefficient (Wildman–Crippen LogP) is 2.04. The van der Waals surface area contributed by atoms with Crippen LogP contribution in [0.25, 0.3) is 0 Å². The van der Waals surface area contributed by atoms with Crippen LogP contribution in [0.5, 0.6) is 5.88 Å². The Morgan fingerprint density at radius 1 is 1.35 bits per heavy atom. The van der Waals surface area contributed by atoms with Gasteiger partial charge in [-0.05, 0) is 26.3 Å². The normalized spacial score (nSPS) is 11.6. The van der Waals surface area contributed by atoms with Crippen molar-refractivity contribution in [2.45, 2.75) is 39.3 Å². The van der Waals surface area contributed by atoms with Gasteiger partial charge in [0, 0.05) is 31.8 Å². The zero-order chi connectivity index (χ0) is 12.9. The summed E-state index contributed by atoms with van der Waals surface area (Å²) in [4.78, 5) is 4.35. The standard InChI is InChI=1S/C13H22N2O2/c1-10-11(9-14)5-6-12(15-10)17-8-7-13(2,3)16-4/h5-6H,7-9,14H2,1-4H3. The zero-order valence-electron chi connectivity index (χ0n) is 11.1. The first kappa shape index (κ1) is 13.9. The highest BCUT2D eigenvalue weighted by Gasteiger charge is 2.16. The summed E-state index contributed by atoms with van der Waals surface area (Å²) >= 11 is 0. The van der Waals surface area contributed by atoms with Gasteiger partial charge in [-0.1, -0.05) is 6.07 Å². The summed E-state index contributed by atoms with van der Waals surface area (Å²) in [6, 6.07) is 3.81. The number of rotatable bonds is 6. The fourth-order valence-corrected chi connectivity index (χ4v) is 1.37. The first-order valence-corrected chi connectivity index (χ1v) is 5.83. The van der Waals surface area contributed by atoms with Crippen LogP contribution >= 0.6 is 0 Å². The second-order valence-corrected chi connectivity index (χ2v) is 4.66. The second kappa shape index (κ2) is 5.98. The Kier molecular flexibility index (Phi) is 4.90. The maximum Gasteiger partial charge on any atom is 0.213 e. The summed E-state index contributed by atoms with van der Waals surface area (Å²) < 4.78 is 10.9. The third-order valence-electron chi connectivity index (χ3n) is 2.90. The summed E-state index contributed by atoms with van der Waals surface area (Å²) in [6.07, 6.45) is 0.822. The molecule has 0 bridgehead atoms. The van der Waals surface area contributed by atoms with E-state index < -0.39 is 0 Å². The number of methoxy groups -OCH3 is 1. The predicted molar refractivity (Wildman–Crippen MR) is 68.1 cm³/mol. The van der Waals surface area contributed by atoms with Crippen molar-refractivity contribution in [3.8, 4) is 5.88 Å². The molecule has 0 fully saturated rings. The van der Waals surface area contributed by atoms with Crippen LogP contribution < -0.4 is 10.5 Å². The van der Waals surface area contributed by atoms with Crippen molar-refractivity contribution in [2.75, 3.05) is 13.7 Å². The van der Waals surface area contributed by atoms with Crippen LogP contribution in [-0.4, -0.2) is 24.3 Å². The van der Waals surface area contributed by atoms with E-state index in [-0.39, 0.29) is 5.60 Å². The van der Waals surface area contributed by atoms with Gasteiger partial charge in [0.25, 0.3) is 0 Å². The molecule has 4 nitrogen and oxygen atoms in total. The van der Waals surface area contributed by atoms with Crippen molar-refractivity contribution in [2.24, 2.45) is 5.73 Å². The molecule has 0 aliphatic carbocycles. The molecule has 1 rings (SSSR count). The van der Waals surface area contributed by atoms with Crippen LogP contribution in [0.1, 0.15) is 31.5 Å². The first-order valence-electron chi connectivity index (χ1n) is 5.83. The second-order valence-electron chi connectivity index (χ2n) is 4.66. The molecular formula is C13H22N2O2. The fourth-order valence-electron chi connectivity index (χ4n) is 1.37. The zero-order valence-corrected chi connectivity index (χ0v) is 11.1. The molecule has 1 aromatic rings. The van der Waals surface area contributed by atoms with Gasteiger partial charge in [0.15, 0.2) is 0 Å². The first-order chi connectivity index (χ1) is 7.98. The van der Waals surface area contributed by atoms with Crippen LogP contribution in [-0.2, 0) is 11.3 Å². The summed E-state index contributed by atoms with van der Waals surface area (Å²) in [7, 11) is 1.71. The minimum atomic E-state index is -0.160. The largest absolute Gasteiger partial charge is 0.478 e. The molecule has 0 radical (unpaired) electrons. The third-order valence-corrected chi connectivity index (χ3v) is 2.90. The maximum absolute atomic E-state index is 5.59. The Hall–Kier alpha value is -1.13. The molecule has 0 amide bonds. The Labute approximate surface area is 103 Å². The minimum Gasteiger partial charge on any atom is -0.478 e. The van der Waals surface area contributed by atoms with Crippen molar-refractivity contribution in [3.63, 3.8) is 0 Å². The van der Waals surface area contributed by atoms with Gasteiger partial charge in [-0.15, -0.1) is 0 Å². The molecule has 0 saturated carbocycles. The lowest BCUT2D eigenvalue weighted by atomic mass is 10.1. The minimum absolute atomic E-state index is 0.160. The molecule has 4 heteroatoms. The molecule has 0 aromatic carbocycles. The van der Waals surface area contributed by atoms with Gasteiger partial charge in [-0.25, -0.2) is 4.98 Å². The third kappa shape index (κ3) is 4.32. The Balaban J connectivity index is 2.50. The van der Waals surface area contributed by atoms with E-state index in [4.69, 9.17) is 15.2 Å². The average molecular weight is 238 g/mol. The lowest BCUT2D eigenvalue weighted by molar-refractivity contribution is 0.00507. The van der Waals surface area contributed by atoms with Crippen molar-refractivity contribution >= 4 is 0 Å². The lowest BCUT2D eigenvalue weighted by Crippen LogP contribution is -2.25. The van der Waals surface area contributed by atoms with Crippen LogP contribution in [0.2, 0.25) is 0 Å². The Bertz CT molecular complexity index is 364. The van der Waals surface area contributed by atoms with Gasteiger partial charge in [0.1, 0.15) is 0 Å². The van der Waals surface area contributed by atoms with E-state index in [1.807, 2.05) is 32.9 Å². The highest BCUT2D eigenvalue weighted by Crippen LogP contribution is 2.15. The molecule has 0 saturated heterocycles. The molecular weight excluding hydrogens is 216 g/mol. The van der Waals surface area contributed by atoms with Crippen molar-refractivity contribution in [3.05, 3.63) is 23.4 Å². The highest BCUT2D eigenvalue weighted by molar-refractivity contribution is 5.24. The van der Waals surface area contributed by atoms with Gasteiger partial charge in [0.05, 0.1) is 12.2 Å². The van der Waals surface area contributed by atoms with Gasteiger partial charge >= 0.3 is 0 Å². The number of aryl methyl sites for hydroxylation is 1. The SMILES string of the molecule is COC(C)(C)CCOc1ccc(CN)c(C)n1. The van der Waals surface area contributed by atoms with E-state index in [9.17, 15) is 0 Å². The van der Waals surface area contributed by atoms with Crippen LogP contribution in [0.3, 0.4) is 0 Å². The molecule has 0 aliphatic rings. The number of ether oxygens (including phenoxy) is 2. The van der Waals surface area contributed by atoms with Crippen LogP contribution in [0, 0.1) is 6.92 Å². The van der Waals surface area contributed by atoms with E-state index in [0.717, 1.165) is 17.7 Å². The van der Waals surface area contributed by atoms with Gasteiger partial charge in [-0.3, -0.25) is 0 Å². The van der Waals surface area contributed by atoms with E-state index in [2.05, 4.69) is 4.98 Å². The topological polar surface area (TPSA) is 57.4 Å². The Morgan fingerprint density at radius 3 is 2.59 bits per heavy atom. The number of aromatic nitrogens is 1. The molecule has 0 spiro atoms. The summed E-state index contributed by atoms with van der Waals surface area (Å²) in [6.45, 7) is 7.11. The molecule has 96 valence electrons. The van der Waals surface area contributed by atoms with Crippen molar-refractivity contribution < 1.29 is 9.47 Å². The summed E-state index contributed by atoms with van der Waals surface area (Å²) in [5.74, 6) is 0.645. The van der Waals surface area contributed by atoms with E-state index in [0.29, 0.717) is 19.0 Å². The van der Waals surface area contributed by atoms with E-state index >= 15 is 0 Å². The quantitative estimate of drug-likeness (QED) is 0.824. The van der Waals surface area contributed by atoms with E-state index in [1.165, 1.54) is 0 Å². The molecule has 1 heterocycles. The lowest BCUT2D eigenvalue weighted by Gasteiger charge is -2.22. The number of hydrogen-bond acceptors (Lipinski definition) is 4. The van der Waals surface area contributed by atoms with Gasteiger partial charge < -0.3 is 15.2 Å². The molecule has 0 aliphatic heterocycles. The molecule has 0 atom stereocenters. The highest BCUT2D eigenvalue weighted by atomic mass is 16.5. The van der Waals surface area contributed by atoms with E-state index in [1.54, 1.807) is 7.11 Å². The smallest absolute Gasteiger partial charge is 0.213 e.